The third-order valence-corrected chi connectivity index (χ3v) is 6.27. The van der Waals surface area contributed by atoms with Crippen LogP contribution in [0.4, 0.5) is 0 Å². The lowest BCUT2D eigenvalue weighted by Gasteiger charge is -2.24. The van der Waals surface area contributed by atoms with Crippen molar-refractivity contribution in [1.82, 2.24) is 20.4 Å². The highest BCUT2D eigenvalue weighted by Gasteiger charge is 2.22. The van der Waals surface area contributed by atoms with Crippen LogP contribution in [0.1, 0.15) is 63.5 Å². The van der Waals surface area contributed by atoms with Crippen LogP contribution in [-0.2, 0) is 27.5 Å². The summed E-state index contributed by atoms with van der Waals surface area (Å²) < 4.78 is 0. The molecule has 0 bridgehead atoms. The Kier molecular flexibility index (Phi) is 14.2. The van der Waals surface area contributed by atoms with E-state index in [2.05, 4.69) is 15.5 Å². The first-order chi connectivity index (χ1) is 18.2. The molecular formula is C31H46N4O3. The standard InChI is InChI=1S/C31H46N4O3/c1-25(2)22-28(33-29(36)18-11-12-21-34(3)4)31(38)32-20-13-19-30(37)35(23-26-14-7-5-8-15-26)24-27-16-9-6-10-17-27/h5-10,14-17,25,28H,11-13,18-24H2,1-4H3,(H,32,38)(H,33,36)/t28-/m0/s1. The van der Waals surface area contributed by atoms with E-state index >= 15 is 0 Å². The lowest BCUT2D eigenvalue weighted by Crippen LogP contribution is -2.47. The van der Waals surface area contributed by atoms with Crippen molar-refractivity contribution in [2.24, 2.45) is 5.92 Å². The molecule has 7 heteroatoms. The largest absolute Gasteiger partial charge is 0.354 e. The SMILES string of the molecule is CC(C)C[C@H](NC(=O)CCCCN(C)C)C(=O)NCCCC(=O)N(Cc1ccccc1)Cc1ccccc1. The average Bonchev–Trinajstić information content (AvgIpc) is 2.89. The van der Waals surface area contributed by atoms with Gasteiger partial charge in [-0.05, 0) is 63.4 Å². The van der Waals surface area contributed by atoms with Gasteiger partial charge in [0.15, 0.2) is 0 Å². The van der Waals surface area contributed by atoms with Crippen molar-refractivity contribution in [2.75, 3.05) is 27.2 Å². The Bertz CT molecular complexity index is 922. The number of unbranched alkanes of at least 4 members (excludes halogenated alkanes) is 1. The van der Waals surface area contributed by atoms with Crippen molar-refractivity contribution in [3.8, 4) is 0 Å². The molecule has 0 saturated heterocycles. The summed E-state index contributed by atoms with van der Waals surface area (Å²) >= 11 is 0. The van der Waals surface area contributed by atoms with Crippen molar-refractivity contribution in [2.45, 2.75) is 71.5 Å². The predicted molar refractivity (Wildman–Crippen MR) is 153 cm³/mol. The molecule has 1 atom stereocenters. The van der Waals surface area contributed by atoms with Gasteiger partial charge in [-0.3, -0.25) is 14.4 Å². The van der Waals surface area contributed by atoms with Crippen LogP contribution in [0.5, 0.6) is 0 Å². The molecule has 7 nitrogen and oxygen atoms in total. The highest BCUT2D eigenvalue weighted by molar-refractivity contribution is 5.87. The van der Waals surface area contributed by atoms with Gasteiger partial charge >= 0.3 is 0 Å². The van der Waals surface area contributed by atoms with E-state index in [9.17, 15) is 14.4 Å². The van der Waals surface area contributed by atoms with E-state index in [4.69, 9.17) is 0 Å². The number of nitrogens with one attached hydrogen (secondary N) is 2. The molecule has 0 aliphatic heterocycles. The molecule has 3 amide bonds. The lowest BCUT2D eigenvalue weighted by atomic mass is 10.0. The van der Waals surface area contributed by atoms with Gasteiger partial charge in [-0.2, -0.15) is 0 Å². The van der Waals surface area contributed by atoms with Gasteiger partial charge in [-0.15, -0.1) is 0 Å². The summed E-state index contributed by atoms with van der Waals surface area (Å²) in [4.78, 5) is 42.4. The van der Waals surface area contributed by atoms with Crippen molar-refractivity contribution in [3.63, 3.8) is 0 Å². The summed E-state index contributed by atoms with van der Waals surface area (Å²) in [6.07, 6.45) is 3.62. The zero-order valence-corrected chi connectivity index (χ0v) is 23.6. The van der Waals surface area contributed by atoms with E-state index in [-0.39, 0.29) is 23.6 Å². The fourth-order valence-electron chi connectivity index (χ4n) is 4.26. The Morgan fingerprint density at radius 1 is 0.789 bits per heavy atom. The monoisotopic (exact) mass is 522 g/mol. The van der Waals surface area contributed by atoms with Crippen molar-refractivity contribution in [3.05, 3.63) is 71.8 Å². The molecule has 0 heterocycles. The van der Waals surface area contributed by atoms with Gasteiger partial charge in [0.05, 0.1) is 0 Å². The molecule has 0 saturated carbocycles. The minimum atomic E-state index is -0.556. The molecule has 2 rings (SSSR count). The molecular weight excluding hydrogens is 476 g/mol. The summed E-state index contributed by atoms with van der Waals surface area (Å²) in [7, 11) is 4.03. The van der Waals surface area contributed by atoms with Crippen molar-refractivity contribution in [1.29, 1.82) is 0 Å². The fourth-order valence-corrected chi connectivity index (χ4v) is 4.26. The second-order valence-corrected chi connectivity index (χ2v) is 10.6. The first kappa shape index (κ1) is 31.0. The highest BCUT2D eigenvalue weighted by Crippen LogP contribution is 2.12. The Hall–Kier alpha value is -3.19. The van der Waals surface area contributed by atoms with Crippen LogP contribution in [0.3, 0.4) is 0 Å². The number of hydrogen-bond donors (Lipinski definition) is 2. The fraction of sp³-hybridized carbons (Fsp3) is 0.516. The first-order valence-electron chi connectivity index (χ1n) is 13.8. The van der Waals surface area contributed by atoms with Crippen LogP contribution in [0.2, 0.25) is 0 Å². The van der Waals surface area contributed by atoms with Crippen molar-refractivity contribution >= 4 is 17.7 Å². The third kappa shape index (κ3) is 12.9. The number of benzene rings is 2. The number of carbonyl (C=O) groups is 3. The van der Waals surface area contributed by atoms with E-state index < -0.39 is 6.04 Å². The van der Waals surface area contributed by atoms with Crippen LogP contribution in [0.25, 0.3) is 0 Å². The maximum atomic E-state index is 13.1. The predicted octanol–water partition coefficient (Wildman–Crippen LogP) is 4.37. The molecule has 0 aromatic heterocycles. The van der Waals surface area contributed by atoms with Gasteiger partial charge in [0, 0.05) is 32.5 Å². The van der Waals surface area contributed by atoms with E-state index in [1.165, 1.54) is 0 Å². The molecule has 0 fully saturated rings. The topological polar surface area (TPSA) is 81.8 Å². The lowest BCUT2D eigenvalue weighted by molar-refractivity contribution is -0.133. The quantitative estimate of drug-likeness (QED) is 0.302. The van der Waals surface area contributed by atoms with E-state index in [0.717, 1.165) is 30.5 Å². The van der Waals surface area contributed by atoms with E-state index in [0.29, 0.717) is 45.3 Å². The Labute approximate surface area is 229 Å². The molecule has 0 radical (unpaired) electrons. The summed E-state index contributed by atoms with van der Waals surface area (Å²) in [5, 5.41) is 5.86. The maximum Gasteiger partial charge on any atom is 0.242 e. The number of amides is 3. The Morgan fingerprint density at radius 3 is 1.89 bits per heavy atom. The molecule has 2 N–H and O–H groups in total. The summed E-state index contributed by atoms with van der Waals surface area (Å²) in [6.45, 7) is 6.49. The molecule has 0 aliphatic carbocycles. The number of carbonyl (C=O) groups excluding carboxylic acids is 3. The third-order valence-electron chi connectivity index (χ3n) is 6.27. The van der Waals surface area contributed by atoms with E-state index in [1.54, 1.807) is 0 Å². The van der Waals surface area contributed by atoms with Gasteiger partial charge in [-0.25, -0.2) is 0 Å². The van der Waals surface area contributed by atoms with Gasteiger partial charge in [0.2, 0.25) is 17.7 Å². The second-order valence-electron chi connectivity index (χ2n) is 10.6. The second kappa shape index (κ2) is 17.3. The maximum absolute atomic E-state index is 13.1. The Morgan fingerprint density at radius 2 is 1.37 bits per heavy atom. The van der Waals surface area contributed by atoms with Crippen LogP contribution in [0, 0.1) is 5.92 Å². The Balaban J connectivity index is 1.84. The summed E-state index contributed by atoms with van der Waals surface area (Å²) in [6, 6.07) is 19.4. The van der Waals surface area contributed by atoms with Gasteiger partial charge < -0.3 is 20.4 Å². The molecule has 2 aromatic rings. The summed E-state index contributed by atoms with van der Waals surface area (Å²) in [5.41, 5.74) is 2.16. The minimum Gasteiger partial charge on any atom is -0.354 e. The van der Waals surface area contributed by atoms with E-state index in [1.807, 2.05) is 93.5 Å². The number of nitrogens with zero attached hydrogens (tertiary/aromatic N) is 2. The van der Waals surface area contributed by atoms with Gasteiger partial charge in [0.25, 0.3) is 0 Å². The zero-order valence-electron chi connectivity index (χ0n) is 23.6. The summed E-state index contributed by atoms with van der Waals surface area (Å²) in [5.74, 6) is 0.0537. The average molecular weight is 523 g/mol. The van der Waals surface area contributed by atoms with Crippen LogP contribution < -0.4 is 10.6 Å². The molecule has 0 spiro atoms. The highest BCUT2D eigenvalue weighted by atomic mass is 16.2. The van der Waals surface area contributed by atoms with Crippen molar-refractivity contribution < 1.29 is 14.4 Å². The molecule has 38 heavy (non-hydrogen) atoms. The van der Waals surface area contributed by atoms with Gasteiger partial charge in [0.1, 0.15) is 6.04 Å². The normalized spacial score (nSPS) is 11.8. The molecule has 208 valence electrons. The number of hydrogen-bond acceptors (Lipinski definition) is 4. The van der Waals surface area contributed by atoms with Crippen LogP contribution in [0.15, 0.2) is 60.7 Å². The van der Waals surface area contributed by atoms with Crippen LogP contribution >= 0.6 is 0 Å². The van der Waals surface area contributed by atoms with Gasteiger partial charge in [-0.1, -0.05) is 74.5 Å². The van der Waals surface area contributed by atoms with Crippen LogP contribution in [-0.4, -0.2) is 60.7 Å². The first-order valence-corrected chi connectivity index (χ1v) is 13.8. The molecule has 0 aliphatic rings. The zero-order chi connectivity index (χ0) is 27.8. The minimum absolute atomic E-state index is 0.0525. The smallest absolute Gasteiger partial charge is 0.242 e. The molecule has 0 unspecified atom stereocenters. The number of rotatable bonds is 17. The molecule has 2 aromatic carbocycles.